The number of anilines is 1. The van der Waals surface area contributed by atoms with Crippen LogP contribution in [0, 0.1) is 0 Å². The molecule has 90 valence electrons. The van der Waals surface area contributed by atoms with E-state index in [0.29, 0.717) is 5.69 Å². The Hall–Kier alpha value is -1.66. The van der Waals surface area contributed by atoms with Crippen LogP contribution in [0.5, 0.6) is 0 Å². The van der Waals surface area contributed by atoms with Gasteiger partial charge in [0, 0.05) is 10.7 Å². The Kier molecular flexibility index (Phi) is 2.89. The zero-order valence-corrected chi connectivity index (χ0v) is 11.5. The van der Waals surface area contributed by atoms with Gasteiger partial charge in [0.1, 0.15) is 5.69 Å². The Morgan fingerprint density at radius 2 is 2.17 bits per heavy atom. The summed E-state index contributed by atoms with van der Waals surface area (Å²) >= 11 is 5.06. The molecule has 0 aliphatic heterocycles. The van der Waals surface area contributed by atoms with E-state index in [9.17, 15) is 0 Å². The number of hydrogen-bond acceptors (Lipinski definition) is 5. The van der Waals surface area contributed by atoms with Crippen LogP contribution in [-0.4, -0.2) is 10.1 Å². The van der Waals surface area contributed by atoms with Crippen molar-refractivity contribution in [1.82, 2.24) is 10.1 Å². The fourth-order valence-corrected chi connectivity index (χ4v) is 3.23. The first-order chi connectivity index (χ1) is 8.77. The van der Waals surface area contributed by atoms with Crippen molar-refractivity contribution in [2.45, 2.75) is 0 Å². The van der Waals surface area contributed by atoms with E-state index >= 15 is 0 Å². The molecule has 3 heterocycles. The van der Waals surface area contributed by atoms with Gasteiger partial charge in [0.25, 0.3) is 0 Å². The fraction of sp³-hybridized carbons (Fsp3) is 0. The number of hydrogen-bond donors (Lipinski definition) is 1. The van der Waals surface area contributed by atoms with Gasteiger partial charge in [0.15, 0.2) is 0 Å². The summed E-state index contributed by atoms with van der Waals surface area (Å²) in [6.45, 7) is 0. The van der Waals surface area contributed by atoms with Gasteiger partial charge in [0.05, 0.1) is 16.1 Å². The van der Waals surface area contributed by atoms with E-state index in [-0.39, 0.29) is 5.88 Å². The van der Waals surface area contributed by atoms with Gasteiger partial charge in [-0.2, -0.15) is 0 Å². The predicted octanol–water partition coefficient (Wildman–Crippen LogP) is 3.81. The molecule has 0 bridgehead atoms. The number of pyridine rings is 1. The Morgan fingerprint density at radius 1 is 1.28 bits per heavy atom. The molecule has 6 heteroatoms. The lowest BCUT2D eigenvalue weighted by atomic mass is 10.1. The molecule has 0 aliphatic rings. The molecule has 0 saturated carbocycles. The molecule has 0 radical (unpaired) electrons. The van der Waals surface area contributed by atoms with E-state index in [1.807, 2.05) is 29.6 Å². The third kappa shape index (κ3) is 1.83. The summed E-state index contributed by atoms with van der Waals surface area (Å²) in [4.78, 5) is 5.27. The number of nitrogens with zero attached hydrogens (tertiary/aromatic N) is 2. The zero-order chi connectivity index (χ0) is 12.5. The normalized spacial score (nSPS) is 10.7. The van der Waals surface area contributed by atoms with Crippen LogP contribution in [0.2, 0.25) is 0 Å². The van der Waals surface area contributed by atoms with Crippen LogP contribution in [0.1, 0.15) is 0 Å². The number of rotatable bonds is 2. The molecular weight excluding hydrogens is 314 g/mol. The molecule has 18 heavy (non-hydrogen) atoms. The van der Waals surface area contributed by atoms with Crippen molar-refractivity contribution in [3.05, 3.63) is 40.3 Å². The number of thiophene rings is 1. The summed E-state index contributed by atoms with van der Waals surface area (Å²) in [5.41, 5.74) is 8.06. The minimum atomic E-state index is 0.281. The smallest absolute Gasteiger partial charge is 0.232 e. The van der Waals surface area contributed by atoms with Gasteiger partial charge in [-0.05, 0) is 39.5 Å². The molecule has 4 nitrogen and oxygen atoms in total. The highest BCUT2D eigenvalue weighted by Gasteiger charge is 2.20. The summed E-state index contributed by atoms with van der Waals surface area (Å²) < 4.78 is 6.07. The highest BCUT2D eigenvalue weighted by molar-refractivity contribution is 9.10. The van der Waals surface area contributed by atoms with Crippen molar-refractivity contribution in [1.29, 1.82) is 0 Å². The molecule has 0 unspecified atom stereocenters. The lowest BCUT2D eigenvalue weighted by Gasteiger charge is -2.00. The number of aromatic nitrogens is 2. The zero-order valence-electron chi connectivity index (χ0n) is 9.13. The molecule has 0 amide bonds. The fourth-order valence-electron chi connectivity index (χ4n) is 1.68. The van der Waals surface area contributed by atoms with Crippen LogP contribution in [0.4, 0.5) is 5.88 Å². The number of halogens is 1. The third-order valence-corrected chi connectivity index (χ3v) is 4.32. The second kappa shape index (κ2) is 4.55. The summed E-state index contributed by atoms with van der Waals surface area (Å²) in [5.74, 6) is 0.281. The first kappa shape index (κ1) is 11.4. The highest BCUT2D eigenvalue weighted by atomic mass is 79.9. The topological polar surface area (TPSA) is 64.9 Å². The Balaban J connectivity index is 2.22. The van der Waals surface area contributed by atoms with Crippen LogP contribution in [0.25, 0.3) is 21.8 Å². The molecule has 0 aromatic carbocycles. The van der Waals surface area contributed by atoms with Crippen molar-refractivity contribution >= 4 is 33.2 Å². The maximum absolute atomic E-state index is 5.85. The molecule has 0 atom stereocenters. The van der Waals surface area contributed by atoms with Crippen LogP contribution in [-0.2, 0) is 0 Å². The van der Waals surface area contributed by atoms with E-state index in [0.717, 1.165) is 20.6 Å². The second-order valence-electron chi connectivity index (χ2n) is 3.58. The number of nitrogens with two attached hydrogens (primary N) is 1. The summed E-state index contributed by atoms with van der Waals surface area (Å²) in [6, 6.07) is 7.61. The quantitative estimate of drug-likeness (QED) is 0.779. The van der Waals surface area contributed by atoms with Gasteiger partial charge in [-0.3, -0.25) is 4.98 Å². The van der Waals surface area contributed by atoms with Crippen molar-refractivity contribution in [3.63, 3.8) is 0 Å². The lowest BCUT2D eigenvalue weighted by molar-refractivity contribution is 0.439. The maximum Gasteiger partial charge on any atom is 0.232 e. The minimum absolute atomic E-state index is 0.281. The van der Waals surface area contributed by atoms with Crippen LogP contribution >= 0.6 is 27.3 Å². The Bertz CT molecular complexity index is 678. The van der Waals surface area contributed by atoms with Crippen molar-refractivity contribution in [3.8, 4) is 21.8 Å². The monoisotopic (exact) mass is 321 g/mol. The molecule has 0 aliphatic carbocycles. The van der Waals surface area contributed by atoms with Gasteiger partial charge in [-0.25, -0.2) is 0 Å². The standard InChI is InChI=1S/C12H8BrN3OS/c13-7-4-6-18-11(7)10-9(12(14)17-16-10)8-3-1-2-5-15-8/h1-6H,14H2. The highest BCUT2D eigenvalue weighted by Crippen LogP contribution is 2.40. The largest absolute Gasteiger partial charge is 0.367 e. The van der Waals surface area contributed by atoms with Crippen LogP contribution < -0.4 is 5.73 Å². The molecule has 0 spiro atoms. The SMILES string of the molecule is Nc1onc(-c2sccc2Br)c1-c1ccccn1. The van der Waals surface area contributed by atoms with E-state index < -0.39 is 0 Å². The summed E-state index contributed by atoms with van der Waals surface area (Å²) in [6.07, 6.45) is 1.72. The summed E-state index contributed by atoms with van der Waals surface area (Å²) in [7, 11) is 0. The van der Waals surface area contributed by atoms with Crippen molar-refractivity contribution < 1.29 is 4.52 Å². The van der Waals surface area contributed by atoms with Gasteiger partial charge >= 0.3 is 0 Å². The van der Waals surface area contributed by atoms with Crippen molar-refractivity contribution in [2.75, 3.05) is 5.73 Å². The lowest BCUT2D eigenvalue weighted by Crippen LogP contribution is -1.89. The van der Waals surface area contributed by atoms with Crippen molar-refractivity contribution in [2.24, 2.45) is 0 Å². The predicted molar refractivity (Wildman–Crippen MR) is 75.2 cm³/mol. The third-order valence-electron chi connectivity index (χ3n) is 2.47. The van der Waals surface area contributed by atoms with Gasteiger partial charge < -0.3 is 10.3 Å². The molecular formula is C12H8BrN3OS. The Labute approximate surface area is 116 Å². The van der Waals surface area contributed by atoms with E-state index in [2.05, 4.69) is 26.1 Å². The van der Waals surface area contributed by atoms with Crippen LogP contribution in [0.15, 0.2) is 44.8 Å². The molecule has 3 aromatic rings. The minimum Gasteiger partial charge on any atom is -0.367 e. The average Bonchev–Trinajstić information content (AvgIpc) is 2.96. The maximum atomic E-state index is 5.85. The van der Waals surface area contributed by atoms with Gasteiger partial charge in [0.2, 0.25) is 5.88 Å². The second-order valence-corrected chi connectivity index (χ2v) is 5.35. The van der Waals surface area contributed by atoms with E-state index in [1.54, 1.807) is 17.5 Å². The molecule has 0 saturated heterocycles. The first-order valence-corrected chi connectivity index (χ1v) is 6.84. The van der Waals surface area contributed by atoms with Gasteiger partial charge in [-0.1, -0.05) is 11.2 Å². The van der Waals surface area contributed by atoms with Crippen LogP contribution in [0.3, 0.4) is 0 Å². The first-order valence-electron chi connectivity index (χ1n) is 5.17. The molecule has 0 fully saturated rings. The molecule has 3 aromatic heterocycles. The molecule has 3 rings (SSSR count). The number of nitrogen functional groups attached to an aromatic ring is 1. The average molecular weight is 322 g/mol. The van der Waals surface area contributed by atoms with E-state index in [4.69, 9.17) is 10.3 Å². The Morgan fingerprint density at radius 3 is 2.83 bits per heavy atom. The van der Waals surface area contributed by atoms with Gasteiger partial charge in [-0.15, -0.1) is 11.3 Å². The van der Waals surface area contributed by atoms with E-state index in [1.165, 1.54) is 0 Å². The summed E-state index contributed by atoms with van der Waals surface area (Å²) in [5, 5.41) is 6.01. The molecule has 2 N–H and O–H groups in total.